The summed E-state index contributed by atoms with van der Waals surface area (Å²) in [6.45, 7) is 10.8. The Kier molecular flexibility index (Phi) is 14.8. The molecule has 2 fully saturated rings. The molecular weight excluding hydrogens is 819 g/mol. The molecule has 340 valence electrons. The maximum Gasteiger partial charge on any atom is 0.170 e. The Morgan fingerprint density at radius 3 is 1.44 bits per heavy atom. The van der Waals surface area contributed by atoms with Crippen LogP contribution in [0.25, 0.3) is 21.9 Å². The quantitative estimate of drug-likeness (QED) is 0.0683. The first-order valence-corrected chi connectivity index (χ1v) is 23.0. The van der Waals surface area contributed by atoms with E-state index in [9.17, 15) is 13.6 Å². The van der Waals surface area contributed by atoms with E-state index in [4.69, 9.17) is 28.0 Å². The van der Waals surface area contributed by atoms with E-state index in [0.717, 1.165) is 111 Å². The third-order valence-electron chi connectivity index (χ3n) is 13.3. The van der Waals surface area contributed by atoms with Gasteiger partial charge in [0.2, 0.25) is 0 Å². The second-order valence-electron chi connectivity index (χ2n) is 17.2. The minimum absolute atomic E-state index is 0.153. The summed E-state index contributed by atoms with van der Waals surface area (Å²) >= 11 is 0. The van der Waals surface area contributed by atoms with Gasteiger partial charge in [-0.15, -0.1) is 0 Å². The van der Waals surface area contributed by atoms with Gasteiger partial charge in [-0.2, -0.15) is 0 Å². The number of piperidine rings is 2. The average Bonchev–Trinajstić information content (AvgIpc) is 3.94. The van der Waals surface area contributed by atoms with Gasteiger partial charge in [0, 0.05) is 59.7 Å². The zero-order chi connectivity index (χ0) is 44.6. The zero-order valence-electron chi connectivity index (χ0n) is 37.5. The molecule has 8 rings (SSSR count). The summed E-state index contributed by atoms with van der Waals surface area (Å²) in [6, 6.07) is 21.0. The minimum atomic E-state index is -0.320. The molecule has 0 spiro atoms. The Morgan fingerprint density at radius 2 is 1.05 bits per heavy atom. The average molecular weight is 879 g/mol. The van der Waals surface area contributed by atoms with Crippen LogP contribution in [0.1, 0.15) is 111 Å². The predicted octanol–water partition coefficient (Wildman–Crippen LogP) is 10.8. The zero-order valence-corrected chi connectivity index (χ0v) is 37.5. The molecule has 2 aliphatic rings. The molecule has 0 amide bonds. The number of hydrogen-bond donors (Lipinski definition) is 0. The number of fused-ring (bicyclic) bond motifs is 2. The van der Waals surface area contributed by atoms with Crippen LogP contribution >= 0.6 is 0 Å². The number of halogens is 2. The number of carbonyl (C=O) groups is 1. The van der Waals surface area contributed by atoms with Crippen LogP contribution in [0.5, 0.6) is 23.0 Å². The van der Waals surface area contributed by atoms with Crippen molar-refractivity contribution < 1.29 is 41.6 Å². The molecule has 0 N–H and O–H groups in total. The lowest BCUT2D eigenvalue weighted by Gasteiger charge is -2.31. The summed E-state index contributed by atoms with van der Waals surface area (Å²) in [6.07, 6.45) is 6.90. The van der Waals surface area contributed by atoms with E-state index < -0.39 is 0 Å². The third kappa shape index (κ3) is 10.2. The number of aromatic nitrogens is 2. The van der Waals surface area contributed by atoms with Crippen LogP contribution in [0.2, 0.25) is 0 Å². The number of methoxy groups -OCH3 is 2. The normalized spacial score (nSPS) is 16.6. The molecule has 0 bridgehead atoms. The number of Topliss-reactive ketones (excluding diaryl/α,β-unsaturated/α-hetero) is 1. The highest BCUT2D eigenvalue weighted by Gasteiger charge is 2.30. The number of rotatable bonds is 20. The Morgan fingerprint density at radius 1 is 0.625 bits per heavy atom. The fourth-order valence-corrected chi connectivity index (χ4v) is 9.74. The number of ketones is 1. The van der Waals surface area contributed by atoms with E-state index in [2.05, 4.69) is 20.1 Å². The topological polar surface area (TPSA) is 113 Å². The van der Waals surface area contributed by atoms with E-state index in [-0.39, 0.29) is 29.3 Å². The van der Waals surface area contributed by atoms with Gasteiger partial charge in [-0.3, -0.25) is 4.79 Å². The lowest BCUT2D eigenvalue weighted by molar-refractivity contribution is -0.122. The number of nitrogens with zero attached hydrogens (tertiary/aromatic N) is 4. The molecule has 11 nitrogen and oxygen atoms in total. The van der Waals surface area contributed by atoms with Crippen LogP contribution in [-0.2, 0) is 4.79 Å². The molecule has 0 aliphatic carbocycles. The molecular formula is C51H60F2N4O7. The molecule has 13 heteroatoms. The molecule has 2 aromatic heterocycles. The van der Waals surface area contributed by atoms with Gasteiger partial charge >= 0.3 is 0 Å². The van der Waals surface area contributed by atoms with Gasteiger partial charge < -0.3 is 37.8 Å². The second-order valence-corrected chi connectivity index (χ2v) is 17.2. The molecule has 6 aromatic rings. The minimum Gasteiger partial charge on any atom is -0.493 e. The van der Waals surface area contributed by atoms with Crippen molar-refractivity contribution in [2.75, 3.05) is 66.7 Å². The Balaban J connectivity index is 0.791. The fraction of sp³-hybridized carbons (Fsp3) is 0.471. The van der Waals surface area contributed by atoms with Gasteiger partial charge in [0.05, 0.1) is 38.8 Å². The number of ether oxygens (including phenoxy) is 4. The monoisotopic (exact) mass is 878 g/mol. The maximum absolute atomic E-state index is 14.3. The number of carbonyl (C=O) groups excluding carboxylic acids is 1. The fourth-order valence-electron chi connectivity index (χ4n) is 9.74. The van der Waals surface area contributed by atoms with Gasteiger partial charge in [0.15, 0.2) is 34.2 Å². The maximum atomic E-state index is 14.3. The van der Waals surface area contributed by atoms with Crippen LogP contribution in [-0.4, -0.2) is 92.6 Å². The molecule has 4 aromatic carbocycles. The van der Waals surface area contributed by atoms with Crippen LogP contribution in [0.15, 0.2) is 81.8 Å². The van der Waals surface area contributed by atoms with Crippen molar-refractivity contribution in [3.05, 3.63) is 107 Å². The van der Waals surface area contributed by atoms with Crippen molar-refractivity contribution in [1.82, 2.24) is 20.1 Å². The Hall–Kier alpha value is -5.53. The van der Waals surface area contributed by atoms with Gasteiger partial charge in [-0.05, 0) is 137 Å². The first kappa shape index (κ1) is 45.1. The van der Waals surface area contributed by atoms with Gasteiger partial charge in [-0.1, -0.05) is 36.3 Å². The van der Waals surface area contributed by atoms with Gasteiger partial charge in [0.1, 0.15) is 17.4 Å². The van der Waals surface area contributed by atoms with Crippen LogP contribution < -0.4 is 18.9 Å². The van der Waals surface area contributed by atoms with E-state index in [1.165, 1.54) is 24.3 Å². The van der Waals surface area contributed by atoms with Gasteiger partial charge in [0.25, 0.3) is 0 Å². The highest BCUT2D eigenvalue weighted by atomic mass is 19.1. The van der Waals surface area contributed by atoms with Crippen molar-refractivity contribution in [3.8, 4) is 23.0 Å². The number of hydrogen-bond acceptors (Lipinski definition) is 11. The van der Waals surface area contributed by atoms with Crippen molar-refractivity contribution in [2.45, 2.75) is 88.9 Å². The number of benzene rings is 4. The van der Waals surface area contributed by atoms with Gasteiger partial charge in [-0.25, -0.2) is 8.78 Å². The lowest BCUT2D eigenvalue weighted by atomic mass is 9.81. The molecule has 2 unspecified atom stereocenters. The van der Waals surface area contributed by atoms with Crippen molar-refractivity contribution in [2.24, 2.45) is 0 Å². The summed E-state index contributed by atoms with van der Waals surface area (Å²) in [5, 5.41) is 10.4. The summed E-state index contributed by atoms with van der Waals surface area (Å²) in [5.41, 5.74) is 4.67. The Labute approximate surface area is 373 Å². The van der Waals surface area contributed by atoms with E-state index in [1.54, 1.807) is 26.4 Å². The Bertz CT molecular complexity index is 2320. The molecule has 2 atom stereocenters. The van der Waals surface area contributed by atoms with E-state index >= 15 is 0 Å². The van der Waals surface area contributed by atoms with E-state index in [0.29, 0.717) is 72.1 Å². The van der Waals surface area contributed by atoms with Crippen molar-refractivity contribution >= 4 is 27.7 Å². The third-order valence-corrected chi connectivity index (χ3v) is 13.3. The first-order chi connectivity index (χ1) is 31.3. The molecule has 4 heterocycles. The summed E-state index contributed by atoms with van der Waals surface area (Å²) in [5.74, 6) is 2.02. The molecule has 64 heavy (non-hydrogen) atoms. The standard InChI is InChI=1S/C51H60F2N4O7/c1-5-39(35-9-15-43(47(29-35)59-3)61-27-7-21-56-23-17-33(18-24-56)49-41-13-11-37(52)31-45(41)63-54-49)51(58)40(6-2)36-10-16-44(48(30-36)60-4)62-28-8-22-57-25-19-34(20-26-57)50-42-14-12-38(53)32-46(42)64-55-50/h9-16,29-34,39-40H,5-8,17-28H2,1-4H3. The smallest absolute Gasteiger partial charge is 0.170 e. The molecule has 0 saturated carbocycles. The largest absolute Gasteiger partial charge is 0.493 e. The van der Waals surface area contributed by atoms with Crippen LogP contribution in [0, 0.1) is 11.6 Å². The molecule has 0 radical (unpaired) electrons. The first-order valence-electron chi connectivity index (χ1n) is 23.0. The summed E-state index contributed by atoms with van der Waals surface area (Å²) in [4.78, 5) is 19.2. The van der Waals surface area contributed by atoms with E-state index in [1.807, 2.05) is 50.2 Å². The SMILES string of the molecule is CCC(C(=O)C(CC)c1ccc(OCCCN2CCC(c3noc4cc(F)ccc34)CC2)c(OC)c1)c1ccc(OCCCN2CCC(c3noc4cc(F)ccc34)CC2)c(OC)c1. The number of likely N-dealkylation sites (tertiary alicyclic amines) is 2. The summed E-state index contributed by atoms with van der Waals surface area (Å²) in [7, 11) is 3.27. The van der Waals surface area contributed by atoms with Crippen molar-refractivity contribution in [1.29, 1.82) is 0 Å². The molecule has 2 saturated heterocycles. The highest BCUT2D eigenvalue weighted by Crippen LogP contribution is 2.39. The lowest BCUT2D eigenvalue weighted by Crippen LogP contribution is -2.34. The molecule has 2 aliphatic heterocycles. The van der Waals surface area contributed by atoms with Crippen molar-refractivity contribution in [3.63, 3.8) is 0 Å². The summed E-state index contributed by atoms with van der Waals surface area (Å²) < 4.78 is 62.1. The van der Waals surface area contributed by atoms with Crippen LogP contribution in [0.3, 0.4) is 0 Å². The highest BCUT2D eigenvalue weighted by molar-refractivity contribution is 5.92. The second kappa shape index (κ2) is 21.0. The predicted molar refractivity (Wildman–Crippen MR) is 242 cm³/mol. The van der Waals surface area contributed by atoms with Crippen LogP contribution in [0.4, 0.5) is 8.78 Å².